The average Bonchev–Trinajstić information content (AvgIpc) is 3.18. The smallest absolute Gasteiger partial charge is 0.267 e. The minimum absolute atomic E-state index is 0.213. The van der Waals surface area contributed by atoms with Gasteiger partial charge in [-0.05, 0) is 48.9 Å². The zero-order valence-corrected chi connectivity index (χ0v) is 22.3. The van der Waals surface area contributed by atoms with Crippen molar-refractivity contribution in [2.24, 2.45) is 0 Å². The van der Waals surface area contributed by atoms with Gasteiger partial charge in [-0.15, -0.1) is 6.58 Å². The van der Waals surface area contributed by atoms with E-state index < -0.39 is 0 Å². The molecule has 0 saturated carbocycles. The lowest BCUT2D eigenvalue weighted by atomic mass is 10.2. The highest BCUT2D eigenvalue weighted by Crippen LogP contribution is 2.33. The van der Waals surface area contributed by atoms with Gasteiger partial charge >= 0.3 is 0 Å². The molecular formula is C27H27N5O3S2. The molecule has 10 heteroatoms. The van der Waals surface area contributed by atoms with Gasteiger partial charge in [-0.1, -0.05) is 36.1 Å². The highest BCUT2D eigenvalue weighted by atomic mass is 32.2. The topological polar surface area (TPSA) is 70.4 Å². The Morgan fingerprint density at radius 2 is 1.78 bits per heavy atom. The Balaban J connectivity index is 1.51. The largest absolute Gasteiger partial charge is 0.497 e. The molecule has 1 aromatic carbocycles. The standard InChI is InChI=1S/C27H27N5O3S2/c1-4-11-31-26(34)22(37-27(31)36)16-21-24(28-23-10-5-18(2)17-32(23)25(21)33)30-14-12-29(13-15-30)19-6-8-20(35-3)9-7-19/h4-10,16-17H,1,11-15H2,2-3H3. The summed E-state index contributed by atoms with van der Waals surface area (Å²) in [6.07, 6.45) is 5.06. The van der Waals surface area contributed by atoms with Gasteiger partial charge in [0.1, 0.15) is 21.5 Å². The van der Waals surface area contributed by atoms with Crippen molar-refractivity contribution in [3.63, 3.8) is 0 Å². The molecule has 2 aliphatic rings. The van der Waals surface area contributed by atoms with Crippen molar-refractivity contribution in [2.45, 2.75) is 6.92 Å². The van der Waals surface area contributed by atoms with E-state index in [9.17, 15) is 9.59 Å². The van der Waals surface area contributed by atoms with Crippen LogP contribution in [0.1, 0.15) is 11.1 Å². The van der Waals surface area contributed by atoms with Crippen molar-refractivity contribution < 1.29 is 9.53 Å². The molecular weight excluding hydrogens is 506 g/mol. The number of pyridine rings is 1. The van der Waals surface area contributed by atoms with E-state index in [0.29, 0.717) is 45.9 Å². The Kier molecular flexibility index (Phi) is 7.03. The number of amides is 1. The summed E-state index contributed by atoms with van der Waals surface area (Å²) in [5, 5.41) is 0. The van der Waals surface area contributed by atoms with Crippen LogP contribution in [0.2, 0.25) is 0 Å². The number of anilines is 2. The van der Waals surface area contributed by atoms with Crippen LogP contribution in [0.25, 0.3) is 11.7 Å². The lowest BCUT2D eigenvalue weighted by Gasteiger charge is -2.37. The number of aromatic nitrogens is 2. The van der Waals surface area contributed by atoms with E-state index in [1.54, 1.807) is 29.9 Å². The summed E-state index contributed by atoms with van der Waals surface area (Å²) in [5.74, 6) is 1.18. The highest BCUT2D eigenvalue weighted by molar-refractivity contribution is 8.26. The molecule has 0 radical (unpaired) electrons. The van der Waals surface area contributed by atoms with Crippen LogP contribution >= 0.6 is 24.0 Å². The van der Waals surface area contributed by atoms with Crippen LogP contribution in [0.4, 0.5) is 11.5 Å². The Labute approximate surface area is 224 Å². The zero-order valence-electron chi connectivity index (χ0n) is 20.7. The maximum atomic E-state index is 13.7. The van der Waals surface area contributed by atoms with Crippen LogP contribution in [-0.2, 0) is 4.79 Å². The summed E-state index contributed by atoms with van der Waals surface area (Å²) in [4.78, 5) is 37.9. The maximum absolute atomic E-state index is 13.7. The fraction of sp³-hybridized carbons (Fsp3) is 0.259. The molecule has 8 nitrogen and oxygen atoms in total. The fourth-order valence-corrected chi connectivity index (χ4v) is 5.76. The number of thioether (sulfide) groups is 1. The lowest BCUT2D eigenvalue weighted by Crippen LogP contribution is -2.47. The fourth-order valence-electron chi connectivity index (χ4n) is 4.50. The van der Waals surface area contributed by atoms with Crippen molar-refractivity contribution in [1.82, 2.24) is 14.3 Å². The molecule has 2 aromatic heterocycles. The molecule has 2 fully saturated rings. The summed E-state index contributed by atoms with van der Waals surface area (Å²) >= 11 is 6.59. The number of piperazine rings is 1. The average molecular weight is 534 g/mol. The number of ether oxygens (including phenoxy) is 1. The Morgan fingerprint density at radius 3 is 2.46 bits per heavy atom. The maximum Gasteiger partial charge on any atom is 0.267 e. The van der Waals surface area contributed by atoms with Gasteiger partial charge < -0.3 is 14.5 Å². The van der Waals surface area contributed by atoms with Gasteiger partial charge in [0.15, 0.2) is 0 Å². The van der Waals surface area contributed by atoms with E-state index in [2.05, 4.69) is 16.4 Å². The number of rotatable bonds is 6. The molecule has 2 saturated heterocycles. The molecule has 1 amide bonds. The zero-order chi connectivity index (χ0) is 26.1. The number of hydrogen-bond donors (Lipinski definition) is 0. The van der Waals surface area contributed by atoms with Crippen LogP contribution in [0.15, 0.2) is 64.9 Å². The number of aryl methyl sites for hydroxylation is 1. The molecule has 4 heterocycles. The summed E-state index contributed by atoms with van der Waals surface area (Å²) in [5.41, 5.74) is 2.81. The third kappa shape index (κ3) is 4.86. The van der Waals surface area contributed by atoms with E-state index in [0.717, 1.165) is 30.1 Å². The lowest BCUT2D eigenvalue weighted by molar-refractivity contribution is -0.121. The molecule has 190 valence electrons. The van der Waals surface area contributed by atoms with E-state index in [-0.39, 0.29) is 11.5 Å². The summed E-state index contributed by atoms with van der Waals surface area (Å²) < 4.78 is 7.27. The first-order chi connectivity index (χ1) is 17.9. The second-order valence-corrected chi connectivity index (χ2v) is 10.5. The SMILES string of the molecule is C=CCN1C(=O)C(=Cc2c(N3CCN(c4ccc(OC)cc4)CC3)nc3ccc(C)cn3c2=O)SC1=S. The summed E-state index contributed by atoms with van der Waals surface area (Å²) in [7, 11) is 1.66. The number of benzene rings is 1. The predicted octanol–water partition coefficient (Wildman–Crippen LogP) is 3.73. The van der Waals surface area contributed by atoms with Gasteiger partial charge in [-0.2, -0.15) is 0 Å². The summed E-state index contributed by atoms with van der Waals surface area (Å²) in [6, 6.07) is 11.8. The molecule has 3 aromatic rings. The minimum Gasteiger partial charge on any atom is -0.497 e. The molecule has 0 atom stereocenters. The van der Waals surface area contributed by atoms with Crippen LogP contribution in [-0.4, -0.2) is 64.3 Å². The van der Waals surface area contributed by atoms with Crippen LogP contribution in [0.3, 0.4) is 0 Å². The third-order valence-corrected chi connectivity index (χ3v) is 7.84. The van der Waals surface area contributed by atoms with Gasteiger partial charge in [-0.25, -0.2) is 4.98 Å². The van der Waals surface area contributed by atoms with E-state index in [1.807, 2.05) is 43.3 Å². The van der Waals surface area contributed by atoms with Gasteiger partial charge in [0.05, 0.1) is 17.6 Å². The Hall–Kier alpha value is -3.63. The van der Waals surface area contributed by atoms with E-state index >= 15 is 0 Å². The van der Waals surface area contributed by atoms with Gasteiger partial charge in [-0.3, -0.25) is 18.9 Å². The molecule has 0 unspecified atom stereocenters. The monoisotopic (exact) mass is 533 g/mol. The molecule has 5 rings (SSSR count). The van der Waals surface area contributed by atoms with Crippen LogP contribution in [0, 0.1) is 6.92 Å². The Morgan fingerprint density at radius 1 is 1.08 bits per heavy atom. The first-order valence-corrected chi connectivity index (χ1v) is 13.2. The molecule has 0 spiro atoms. The number of hydrogen-bond acceptors (Lipinski definition) is 8. The number of fused-ring (bicyclic) bond motifs is 1. The minimum atomic E-state index is -0.223. The van der Waals surface area contributed by atoms with Crippen molar-refractivity contribution in [2.75, 3.05) is 49.6 Å². The first kappa shape index (κ1) is 25.0. The second-order valence-electron chi connectivity index (χ2n) is 8.84. The molecule has 0 N–H and O–H groups in total. The van der Waals surface area contributed by atoms with Crippen molar-refractivity contribution in [3.8, 4) is 5.75 Å². The number of methoxy groups -OCH3 is 1. The first-order valence-electron chi connectivity index (χ1n) is 11.9. The number of carbonyl (C=O) groups is 1. The van der Waals surface area contributed by atoms with Crippen molar-refractivity contribution in [3.05, 3.63) is 81.6 Å². The van der Waals surface area contributed by atoms with Gasteiger partial charge in [0.25, 0.3) is 11.5 Å². The van der Waals surface area contributed by atoms with Crippen LogP contribution < -0.4 is 20.1 Å². The normalized spacial score (nSPS) is 17.2. The Bertz CT molecular complexity index is 1470. The quantitative estimate of drug-likeness (QED) is 0.270. The molecule has 0 bridgehead atoms. The summed E-state index contributed by atoms with van der Waals surface area (Å²) in [6.45, 7) is 8.86. The van der Waals surface area contributed by atoms with E-state index in [4.69, 9.17) is 21.9 Å². The second kappa shape index (κ2) is 10.4. The van der Waals surface area contributed by atoms with Crippen LogP contribution in [0.5, 0.6) is 5.75 Å². The van der Waals surface area contributed by atoms with Gasteiger partial charge in [0.2, 0.25) is 0 Å². The highest BCUT2D eigenvalue weighted by Gasteiger charge is 2.32. The number of thiocarbonyl (C=S) groups is 1. The van der Waals surface area contributed by atoms with Crippen molar-refractivity contribution in [1.29, 1.82) is 0 Å². The number of carbonyl (C=O) groups excluding carboxylic acids is 1. The van der Waals surface area contributed by atoms with Crippen molar-refractivity contribution >= 4 is 57.4 Å². The molecule has 0 aliphatic carbocycles. The molecule has 37 heavy (non-hydrogen) atoms. The third-order valence-electron chi connectivity index (χ3n) is 6.46. The molecule has 2 aliphatic heterocycles. The number of nitrogens with zero attached hydrogens (tertiary/aromatic N) is 5. The predicted molar refractivity (Wildman–Crippen MR) is 154 cm³/mol. The van der Waals surface area contributed by atoms with Gasteiger partial charge in [0, 0.05) is 44.6 Å². The van der Waals surface area contributed by atoms with E-state index in [1.165, 1.54) is 16.7 Å².